The van der Waals surface area contributed by atoms with Gasteiger partial charge >= 0.3 is 0 Å². The predicted octanol–water partition coefficient (Wildman–Crippen LogP) is 6.95. The van der Waals surface area contributed by atoms with Crippen LogP contribution in [-0.2, 0) is 0 Å². The standard InChI is InChI=1S/C25H15NO/c1-2-6-17-13-20(10-9-16(17)5-1)22-11-12-23-25(26-22)21-14-18-7-3-4-8-19(18)15-24(21)27-23/h1-15H. The Hall–Kier alpha value is -3.65. The van der Waals surface area contributed by atoms with Gasteiger partial charge in [0.05, 0.1) is 5.69 Å². The van der Waals surface area contributed by atoms with Gasteiger partial charge in [0, 0.05) is 10.9 Å². The Kier molecular flexibility index (Phi) is 2.91. The van der Waals surface area contributed by atoms with E-state index in [2.05, 4.69) is 72.8 Å². The van der Waals surface area contributed by atoms with E-state index in [-0.39, 0.29) is 0 Å². The van der Waals surface area contributed by atoms with Gasteiger partial charge in [0.25, 0.3) is 0 Å². The van der Waals surface area contributed by atoms with Crippen LogP contribution in [0.5, 0.6) is 0 Å². The van der Waals surface area contributed by atoms with Gasteiger partial charge in [-0.05, 0) is 51.9 Å². The number of benzene rings is 4. The van der Waals surface area contributed by atoms with E-state index in [0.29, 0.717) is 0 Å². The van der Waals surface area contributed by atoms with E-state index in [1.165, 1.54) is 21.5 Å². The summed E-state index contributed by atoms with van der Waals surface area (Å²) in [6, 6.07) is 31.6. The van der Waals surface area contributed by atoms with E-state index in [0.717, 1.165) is 33.3 Å². The van der Waals surface area contributed by atoms with Crippen molar-refractivity contribution in [3.63, 3.8) is 0 Å². The van der Waals surface area contributed by atoms with Gasteiger partial charge in [0.1, 0.15) is 11.1 Å². The van der Waals surface area contributed by atoms with Crippen molar-refractivity contribution in [3.8, 4) is 11.3 Å². The first kappa shape index (κ1) is 14.5. The van der Waals surface area contributed by atoms with Gasteiger partial charge in [-0.2, -0.15) is 0 Å². The van der Waals surface area contributed by atoms with Crippen LogP contribution in [-0.4, -0.2) is 4.98 Å². The molecule has 6 rings (SSSR count). The molecule has 0 bridgehead atoms. The fourth-order valence-electron chi connectivity index (χ4n) is 3.84. The Labute approximate surface area is 155 Å². The number of hydrogen-bond acceptors (Lipinski definition) is 2. The van der Waals surface area contributed by atoms with Crippen LogP contribution in [0.4, 0.5) is 0 Å². The number of rotatable bonds is 1. The monoisotopic (exact) mass is 345 g/mol. The van der Waals surface area contributed by atoms with E-state index in [1.54, 1.807) is 0 Å². The molecule has 2 heteroatoms. The number of pyridine rings is 1. The van der Waals surface area contributed by atoms with Gasteiger partial charge in [0.15, 0.2) is 5.58 Å². The average molecular weight is 345 g/mol. The second-order valence-electron chi connectivity index (χ2n) is 6.90. The maximum atomic E-state index is 6.06. The molecule has 2 aromatic heterocycles. The molecular formula is C25H15NO. The lowest BCUT2D eigenvalue weighted by molar-refractivity contribution is 0.668. The quantitative estimate of drug-likeness (QED) is 0.322. The minimum atomic E-state index is 0.824. The second-order valence-corrected chi connectivity index (χ2v) is 6.90. The van der Waals surface area contributed by atoms with Crippen LogP contribution in [0.1, 0.15) is 0 Å². The SMILES string of the molecule is c1ccc2cc(-c3ccc4oc5cc6ccccc6cc5c4n3)ccc2c1. The fraction of sp³-hybridized carbons (Fsp3) is 0. The number of hydrogen-bond donors (Lipinski definition) is 0. The molecule has 0 aliphatic carbocycles. The van der Waals surface area contributed by atoms with Crippen LogP contribution in [0.2, 0.25) is 0 Å². The van der Waals surface area contributed by atoms with Gasteiger partial charge in [-0.25, -0.2) is 4.98 Å². The molecule has 0 unspecified atom stereocenters. The highest BCUT2D eigenvalue weighted by atomic mass is 16.3. The molecule has 27 heavy (non-hydrogen) atoms. The van der Waals surface area contributed by atoms with E-state index in [4.69, 9.17) is 9.40 Å². The summed E-state index contributed by atoms with van der Waals surface area (Å²) < 4.78 is 6.06. The van der Waals surface area contributed by atoms with Crippen molar-refractivity contribution in [3.05, 3.63) is 91.0 Å². The zero-order valence-corrected chi connectivity index (χ0v) is 14.5. The summed E-state index contributed by atoms with van der Waals surface area (Å²) in [5, 5.41) is 5.90. The van der Waals surface area contributed by atoms with Crippen molar-refractivity contribution in [1.29, 1.82) is 0 Å². The molecule has 0 aliphatic rings. The van der Waals surface area contributed by atoms with Gasteiger partial charge in [0.2, 0.25) is 0 Å². The number of aromatic nitrogens is 1. The normalized spacial score (nSPS) is 11.7. The average Bonchev–Trinajstić information content (AvgIpc) is 3.08. The van der Waals surface area contributed by atoms with Crippen molar-refractivity contribution in [2.75, 3.05) is 0 Å². The van der Waals surface area contributed by atoms with Crippen molar-refractivity contribution >= 4 is 43.6 Å². The molecule has 0 atom stereocenters. The van der Waals surface area contributed by atoms with Crippen molar-refractivity contribution in [2.45, 2.75) is 0 Å². The number of furan rings is 1. The topological polar surface area (TPSA) is 26.0 Å². The minimum absolute atomic E-state index is 0.824. The van der Waals surface area contributed by atoms with Crippen LogP contribution < -0.4 is 0 Å². The highest BCUT2D eigenvalue weighted by Crippen LogP contribution is 2.33. The maximum absolute atomic E-state index is 6.06. The fourth-order valence-corrected chi connectivity index (χ4v) is 3.84. The molecule has 4 aromatic carbocycles. The Morgan fingerprint density at radius 1 is 0.556 bits per heavy atom. The zero-order valence-electron chi connectivity index (χ0n) is 14.5. The van der Waals surface area contributed by atoms with E-state index < -0.39 is 0 Å². The minimum Gasteiger partial charge on any atom is -0.454 e. The van der Waals surface area contributed by atoms with Crippen LogP contribution in [0.25, 0.3) is 54.9 Å². The Balaban J connectivity index is 1.61. The smallest absolute Gasteiger partial charge is 0.153 e. The molecule has 0 aliphatic heterocycles. The zero-order chi connectivity index (χ0) is 17.8. The Morgan fingerprint density at radius 2 is 1.26 bits per heavy atom. The van der Waals surface area contributed by atoms with E-state index in [1.807, 2.05) is 18.2 Å². The first-order chi connectivity index (χ1) is 13.3. The van der Waals surface area contributed by atoms with Crippen LogP contribution in [0.15, 0.2) is 95.4 Å². The van der Waals surface area contributed by atoms with Gasteiger partial charge in [-0.3, -0.25) is 0 Å². The third kappa shape index (κ3) is 2.24. The third-order valence-electron chi connectivity index (χ3n) is 5.23. The molecule has 0 radical (unpaired) electrons. The number of nitrogens with zero attached hydrogens (tertiary/aromatic N) is 1. The first-order valence-corrected chi connectivity index (χ1v) is 9.06. The van der Waals surface area contributed by atoms with Gasteiger partial charge in [-0.1, -0.05) is 60.7 Å². The van der Waals surface area contributed by atoms with Crippen molar-refractivity contribution in [1.82, 2.24) is 4.98 Å². The molecule has 0 N–H and O–H groups in total. The van der Waals surface area contributed by atoms with Crippen LogP contribution >= 0.6 is 0 Å². The molecular weight excluding hydrogens is 330 g/mol. The van der Waals surface area contributed by atoms with Gasteiger partial charge in [-0.15, -0.1) is 0 Å². The third-order valence-corrected chi connectivity index (χ3v) is 5.23. The van der Waals surface area contributed by atoms with Crippen molar-refractivity contribution in [2.24, 2.45) is 0 Å². The predicted molar refractivity (Wildman–Crippen MR) is 112 cm³/mol. The summed E-state index contributed by atoms with van der Waals surface area (Å²) in [6.45, 7) is 0. The van der Waals surface area contributed by atoms with Crippen molar-refractivity contribution < 1.29 is 4.42 Å². The molecule has 6 aromatic rings. The summed E-state index contributed by atoms with van der Waals surface area (Å²) in [7, 11) is 0. The van der Waals surface area contributed by atoms with Crippen LogP contribution in [0.3, 0.4) is 0 Å². The first-order valence-electron chi connectivity index (χ1n) is 9.06. The summed E-state index contributed by atoms with van der Waals surface area (Å²) in [5.41, 5.74) is 4.70. The molecule has 0 saturated heterocycles. The summed E-state index contributed by atoms with van der Waals surface area (Å²) in [4.78, 5) is 4.95. The summed E-state index contributed by atoms with van der Waals surface area (Å²) in [5.74, 6) is 0. The molecule has 0 saturated carbocycles. The number of fused-ring (bicyclic) bond motifs is 5. The largest absolute Gasteiger partial charge is 0.454 e. The summed E-state index contributed by atoms with van der Waals surface area (Å²) in [6.07, 6.45) is 0. The molecule has 2 nitrogen and oxygen atoms in total. The Morgan fingerprint density at radius 3 is 2.07 bits per heavy atom. The highest BCUT2D eigenvalue weighted by molar-refractivity contribution is 6.08. The lowest BCUT2D eigenvalue weighted by atomic mass is 10.0. The molecule has 0 spiro atoms. The molecule has 0 amide bonds. The van der Waals surface area contributed by atoms with E-state index in [9.17, 15) is 0 Å². The maximum Gasteiger partial charge on any atom is 0.153 e. The molecule has 0 fully saturated rings. The summed E-state index contributed by atoms with van der Waals surface area (Å²) >= 11 is 0. The Bertz CT molecular complexity index is 1480. The lowest BCUT2D eigenvalue weighted by Crippen LogP contribution is -1.84. The second kappa shape index (κ2) is 5.42. The molecule has 2 heterocycles. The van der Waals surface area contributed by atoms with Crippen LogP contribution in [0, 0.1) is 0 Å². The van der Waals surface area contributed by atoms with Gasteiger partial charge < -0.3 is 4.42 Å². The molecule has 126 valence electrons. The lowest BCUT2D eigenvalue weighted by Gasteiger charge is -2.04. The highest BCUT2D eigenvalue weighted by Gasteiger charge is 2.11. The van der Waals surface area contributed by atoms with E-state index >= 15 is 0 Å².